The zero-order valence-corrected chi connectivity index (χ0v) is 33.0. The fourth-order valence-electron chi connectivity index (χ4n) is 5.68. The number of carboxylic acids is 1. The first kappa shape index (κ1) is 48.3. The number of unbranched alkanes of at least 4 members (excludes halogenated alkanes) is 22. The molecule has 0 bridgehead atoms. The van der Waals surface area contributed by atoms with E-state index in [1.807, 2.05) is 21.1 Å². The van der Waals surface area contributed by atoms with Crippen molar-refractivity contribution >= 4 is 11.9 Å². The predicted octanol–water partition coefficient (Wildman–Crippen LogP) is 8.98. The van der Waals surface area contributed by atoms with Gasteiger partial charge >= 0.3 is 5.97 Å². The lowest BCUT2D eigenvalue weighted by Gasteiger charge is -2.26. The number of nitrogens with zero attached hydrogens (tertiary/aromatic N) is 1. The Morgan fingerprint density at radius 1 is 0.620 bits per heavy atom. The van der Waals surface area contributed by atoms with E-state index in [2.05, 4.69) is 31.2 Å². The zero-order chi connectivity index (χ0) is 37.0. The molecule has 0 rings (SSSR count). The average molecular weight is 710 g/mol. The molecule has 0 aliphatic heterocycles. The molecule has 0 aliphatic rings. The molecule has 294 valence electrons. The average Bonchev–Trinajstić information content (AvgIpc) is 3.07. The molecule has 0 radical (unpaired) electrons. The Morgan fingerprint density at radius 2 is 1.06 bits per heavy atom. The molecule has 0 amide bonds. The highest BCUT2D eigenvalue weighted by molar-refractivity contribution is 5.69. The molecular weight excluding hydrogens is 630 g/mol. The Balaban J connectivity index is 3.43. The van der Waals surface area contributed by atoms with Crippen LogP contribution in [0.2, 0.25) is 0 Å². The third-order valence-electron chi connectivity index (χ3n) is 8.93. The van der Waals surface area contributed by atoms with Gasteiger partial charge in [-0.1, -0.05) is 153 Å². The molecular formula is C42H79NO7. The third kappa shape index (κ3) is 37.5. The van der Waals surface area contributed by atoms with Crippen LogP contribution in [0.5, 0.6) is 0 Å². The molecule has 0 aliphatic carbocycles. The van der Waals surface area contributed by atoms with E-state index in [4.69, 9.17) is 14.2 Å². The SMILES string of the molecule is CCCCCCC/C=C\C/C=C\CCCCCCCCCCCCCCCCCCCC(=O)OCC(O)COC(OCC[N+](C)(C)C)C(=O)[O-]. The maximum atomic E-state index is 12.0. The Labute approximate surface area is 308 Å². The summed E-state index contributed by atoms with van der Waals surface area (Å²) in [6.07, 6.45) is 39.2. The number of carbonyl (C=O) groups is 2. The lowest BCUT2D eigenvalue weighted by Crippen LogP contribution is -2.44. The van der Waals surface area contributed by atoms with Crippen LogP contribution in [0.1, 0.15) is 174 Å². The largest absolute Gasteiger partial charge is 0.545 e. The van der Waals surface area contributed by atoms with Gasteiger partial charge in [0.2, 0.25) is 0 Å². The molecule has 2 unspecified atom stereocenters. The minimum Gasteiger partial charge on any atom is -0.545 e. The maximum absolute atomic E-state index is 12.0. The molecule has 0 aromatic heterocycles. The molecule has 8 heteroatoms. The molecule has 0 aromatic rings. The van der Waals surface area contributed by atoms with E-state index in [-0.39, 0.29) is 25.8 Å². The highest BCUT2D eigenvalue weighted by Crippen LogP contribution is 2.15. The van der Waals surface area contributed by atoms with Crippen molar-refractivity contribution in [3.05, 3.63) is 24.3 Å². The zero-order valence-electron chi connectivity index (χ0n) is 33.0. The minimum atomic E-state index is -1.57. The summed E-state index contributed by atoms with van der Waals surface area (Å²) in [4.78, 5) is 23.2. The van der Waals surface area contributed by atoms with Crippen LogP contribution in [0.4, 0.5) is 0 Å². The highest BCUT2D eigenvalue weighted by Gasteiger charge is 2.17. The normalized spacial score (nSPS) is 13.4. The van der Waals surface area contributed by atoms with Crippen LogP contribution in [0.15, 0.2) is 24.3 Å². The number of carboxylic acid groups (broad SMARTS) is 1. The van der Waals surface area contributed by atoms with Crippen molar-refractivity contribution in [3.8, 4) is 0 Å². The molecule has 2 atom stereocenters. The van der Waals surface area contributed by atoms with E-state index in [9.17, 15) is 19.8 Å². The number of ether oxygens (including phenoxy) is 3. The monoisotopic (exact) mass is 710 g/mol. The van der Waals surface area contributed by atoms with Gasteiger partial charge in [-0.15, -0.1) is 0 Å². The number of carbonyl (C=O) groups excluding carboxylic acids is 2. The van der Waals surface area contributed by atoms with Crippen LogP contribution in [-0.4, -0.2) is 81.4 Å². The number of aliphatic hydroxyl groups excluding tert-OH is 1. The van der Waals surface area contributed by atoms with Gasteiger partial charge in [-0.3, -0.25) is 4.79 Å². The summed E-state index contributed by atoms with van der Waals surface area (Å²) >= 11 is 0. The van der Waals surface area contributed by atoms with Gasteiger partial charge in [-0.25, -0.2) is 0 Å². The number of hydrogen-bond donors (Lipinski definition) is 1. The summed E-state index contributed by atoms with van der Waals surface area (Å²) < 4.78 is 16.0. The summed E-state index contributed by atoms with van der Waals surface area (Å²) in [6.45, 7) is 2.46. The smallest absolute Gasteiger partial charge is 0.305 e. The number of aliphatic carboxylic acids is 1. The highest BCUT2D eigenvalue weighted by atomic mass is 16.7. The second-order valence-corrected chi connectivity index (χ2v) is 15.1. The first-order valence-corrected chi connectivity index (χ1v) is 20.5. The van der Waals surface area contributed by atoms with Crippen molar-refractivity contribution < 1.29 is 38.5 Å². The topological polar surface area (TPSA) is 105 Å². The third-order valence-corrected chi connectivity index (χ3v) is 8.93. The number of rotatable bonds is 38. The Morgan fingerprint density at radius 3 is 1.50 bits per heavy atom. The lowest BCUT2D eigenvalue weighted by atomic mass is 10.0. The first-order chi connectivity index (χ1) is 24.2. The molecule has 1 N–H and O–H groups in total. The summed E-state index contributed by atoms with van der Waals surface area (Å²) in [5.74, 6) is -1.87. The van der Waals surface area contributed by atoms with E-state index in [1.165, 1.54) is 135 Å². The molecule has 0 heterocycles. The van der Waals surface area contributed by atoms with E-state index in [1.54, 1.807) is 0 Å². The van der Waals surface area contributed by atoms with Crippen molar-refractivity contribution in [2.45, 2.75) is 186 Å². The van der Waals surface area contributed by atoms with Gasteiger partial charge in [0.05, 0.1) is 40.3 Å². The number of quaternary nitrogens is 1. The van der Waals surface area contributed by atoms with E-state index in [0.29, 0.717) is 17.4 Å². The molecule has 0 fully saturated rings. The van der Waals surface area contributed by atoms with Gasteiger partial charge < -0.3 is 33.7 Å². The fourth-order valence-corrected chi connectivity index (χ4v) is 5.68. The lowest BCUT2D eigenvalue weighted by molar-refractivity contribution is -0.870. The van der Waals surface area contributed by atoms with Crippen molar-refractivity contribution in [2.75, 3.05) is 47.5 Å². The molecule has 0 aromatic carbocycles. The Bertz CT molecular complexity index is 823. The van der Waals surface area contributed by atoms with Gasteiger partial charge in [0.25, 0.3) is 0 Å². The second-order valence-electron chi connectivity index (χ2n) is 15.1. The van der Waals surface area contributed by atoms with Gasteiger partial charge in [-0.05, 0) is 38.5 Å². The van der Waals surface area contributed by atoms with Crippen molar-refractivity contribution in [2.24, 2.45) is 0 Å². The number of hydrogen-bond acceptors (Lipinski definition) is 7. The van der Waals surface area contributed by atoms with Gasteiger partial charge in [-0.2, -0.15) is 0 Å². The molecule has 0 saturated carbocycles. The fraction of sp³-hybridized carbons (Fsp3) is 0.857. The number of allylic oxidation sites excluding steroid dienone is 4. The Hall–Kier alpha value is -1.74. The van der Waals surface area contributed by atoms with Gasteiger partial charge in [0.15, 0.2) is 6.29 Å². The number of esters is 1. The van der Waals surface area contributed by atoms with E-state index < -0.39 is 18.4 Å². The molecule has 0 spiro atoms. The van der Waals surface area contributed by atoms with Gasteiger partial charge in [0, 0.05) is 6.42 Å². The summed E-state index contributed by atoms with van der Waals surface area (Å²) in [7, 11) is 5.87. The second kappa shape index (κ2) is 35.7. The van der Waals surface area contributed by atoms with Crippen LogP contribution in [0.3, 0.4) is 0 Å². The molecule has 8 nitrogen and oxygen atoms in total. The minimum absolute atomic E-state index is 0.171. The van der Waals surface area contributed by atoms with E-state index in [0.717, 1.165) is 25.7 Å². The van der Waals surface area contributed by atoms with Crippen LogP contribution >= 0.6 is 0 Å². The van der Waals surface area contributed by atoms with Gasteiger partial charge in [0.1, 0.15) is 19.3 Å². The molecule has 50 heavy (non-hydrogen) atoms. The van der Waals surface area contributed by atoms with Crippen LogP contribution in [-0.2, 0) is 23.8 Å². The van der Waals surface area contributed by atoms with Crippen molar-refractivity contribution in [1.29, 1.82) is 0 Å². The Kier molecular flexibility index (Phi) is 34.4. The van der Waals surface area contributed by atoms with Crippen LogP contribution in [0.25, 0.3) is 0 Å². The summed E-state index contributed by atoms with van der Waals surface area (Å²) in [5, 5.41) is 21.2. The van der Waals surface area contributed by atoms with Crippen molar-refractivity contribution in [3.63, 3.8) is 0 Å². The van der Waals surface area contributed by atoms with E-state index >= 15 is 0 Å². The van der Waals surface area contributed by atoms with Crippen LogP contribution < -0.4 is 5.11 Å². The maximum Gasteiger partial charge on any atom is 0.305 e. The number of likely N-dealkylation sites (N-methyl/N-ethyl adjacent to an activating group) is 1. The quantitative estimate of drug-likeness (QED) is 0.0224. The van der Waals surface area contributed by atoms with Crippen molar-refractivity contribution in [1.82, 2.24) is 0 Å². The number of aliphatic hydroxyl groups is 1. The molecule has 0 saturated heterocycles. The summed E-state index contributed by atoms with van der Waals surface area (Å²) in [6, 6.07) is 0. The summed E-state index contributed by atoms with van der Waals surface area (Å²) in [5.41, 5.74) is 0. The standard InChI is InChI=1S/C42H79NO7/c1-5-6-7-8-9-10-11-12-13-14-15-16-17-18-19-20-21-22-23-24-25-26-27-28-29-30-31-32-33-34-40(45)49-37-39(44)38-50-42(41(46)47)48-36-35-43(2,3)4/h11-12,14-15,39,42,44H,5-10,13,16-38H2,1-4H3/b12-11-,15-14-. The predicted molar refractivity (Wildman–Crippen MR) is 205 cm³/mol. The van der Waals surface area contributed by atoms with Crippen LogP contribution in [0, 0.1) is 0 Å². The first-order valence-electron chi connectivity index (χ1n) is 20.5.